The van der Waals surface area contributed by atoms with Gasteiger partial charge in [0.25, 0.3) is 0 Å². The molecular formula is C13H18N2O2. The first-order valence-corrected chi connectivity index (χ1v) is 5.53. The zero-order valence-corrected chi connectivity index (χ0v) is 9.78. The number of hydrogen-bond acceptors (Lipinski definition) is 3. The van der Waals surface area contributed by atoms with E-state index in [0.29, 0.717) is 13.1 Å². The topological polar surface area (TPSA) is 61.4 Å². The van der Waals surface area contributed by atoms with E-state index in [1.807, 2.05) is 24.3 Å². The predicted molar refractivity (Wildman–Crippen MR) is 67.3 cm³/mol. The Balaban J connectivity index is 2.33. The van der Waals surface area contributed by atoms with Crippen LogP contribution in [0, 0.1) is 0 Å². The first-order chi connectivity index (χ1) is 8.26. The lowest BCUT2D eigenvalue weighted by Crippen LogP contribution is -2.33. The highest BCUT2D eigenvalue weighted by molar-refractivity contribution is 5.77. The minimum absolute atomic E-state index is 0.0165. The molecule has 1 aromatic rings. The van der Waals surface area contributed by atoms with Crippen molar-refractivity contribution in [2.75, 3.05) is 13.1 Å². The summed E-state index contributed by atoms with van der Waals surface area (Å²) in [5, 5.41) is 14.7. The van der Waals surface area contributed by atoms with Crippen molar-refractivity contribution in [3.05, 3.63) is 48.0 Å². The number of amides is 1. The maximum absolute atomic E-state index is 11.4. The number of aliphatic hydroxyl groups is 1. The van der Waals surface area contributed by atoms with Crippen LogP contribution in [0.4, 0.5) is 0 Å². The number of carbonyl (C=O) groups is 1. The van der Waals surface area contributed by atoms with Gasteiger partial charge < -0.3 is 15.7 Å². The normalized spacial score (nSPS) is 9.94. The SMILES string of the molecule is C=CCNCC(=O)NCc1cccc(CO)c1. The Morgan fingerprint density at radius 3 is 2.88 bits per heavy atom. The fourth-order valence-corrected chi connectivity index (χ4v) is 1.39. The minimum atomic E-state index is -0.0544. The number of hydrogen-bond donors (Lipinski definition) is 3. The molecule has 0 unspecified atom stereocenters. The van der Waals surface area contributed by atoms with Gasteiger partial charge in [0.2, 0.25) is 5.91 Å². The van der Waals surface area contributed by atoms with Crippen molar-refractivity contribution in [2.45, 2.75) is 13.2 Å². The number of aliphatic hydroxyl groups excluding tert-OH is 1. The molecular weight excluding hydrogens is 216 g/mol. The average molecular weight is 234 g/mol. The molecule has 1 amide bonds. The van der Waals surface area contributed by atoms with Gasteiger partial charge in [0.1, 0.15) is 0 Å². The van der Waals surface area contributed by atoms with Gasteiger partial charge in [-0.1, -0.05) is 30.3 Å². The second kappa shape index (κ2) is 7.60. The van der Waals surface area contributed by atoms with E-state index in [-0.39, 0.29) is 19.1 Å². The van der Waals surface area contributed by atoms with Crippen LogP contribution < -0.4 is 10.6 Å². The largest absolute Gasteiger partial charge is 0.392 e. The van der Waals surface area contributed by atoms with E-state index in [9.17, 15) is 4.79 Å². The van der Waals surface area contributed by atoms with Crippen molar-refractivity contribution in [3.8, 4) is 0 Å². The molecule has 17 heavy (non-hydrogen) atoms. The molecule has 1 rings (SSSR count). The Kier molecular flexibility index (Phi) is 5.99. The zero-order chi connectivity index (χ0) is 12.5. The molecule has 0 saturated carbocycles. The van der Waals surface area contributed by atoms with E-state index in [2.05, 4.69) is 17.2 Å². The van der Waals surface area contributed by atoms with Crippen LogP contribution in [0.5, 0.6) is 0 Å². The van der Waals surface area contributed by atoms with E-state index in [1.165, 1.54) is 0 Å². The van der Waals surface area contributed by atoms with E-state index >= 15 is 0 Å². The fraction of sp³-hybridized carbons (Fsp3) is 0.308. The molecule has 0 aliphatic carbocycles. The third kappa shape index (κ3) is 5.29. The molecule has 0 bridgehead atoms. The quantitative estimate of drug-likeness (QED) is 0.477. The molecule has 0 atom stereocenters. The Labute approximate surface area is 101 Å². The van der Waals surface area contributed by atoms with Crippen LogP contribution in [-0.4, -0.2) is 24.1 Å². The molecule has 0 saturated heterocycles. The van der Waals surface area contributed by atoms with Gasteiger partial charge in [-0.25, -0.2) is 0 Å². The van der Waals surface area contributed by atoms with Crippen molar-refractivity contribution in [1.82, 2.24) is 10.6 Å². The molecule has 92 valence electrons. The average Bonchev–Trinajstić information content (AvgIpc) is 2.37. The summed E-state index contributed by atoms with van der Waals surface area (Å²) in [4.78, 5) is 11.4. The number of nitrogens with one attached hydrogen (secondary N) is 2. The molecule has 4 nitrogen and oxygen atoms in total. The molecule has 0 heterocycles. The van der Waals surface area contributed by atoms with Gasteiger partial charge in [-0.2, -0.15) is 0 Å². The van der Waals surface area contributed by atoms with E-state index in [4.69, 9.17) is 5.11 Å². The second-order valence-electron chi connectivity index (χ2n) is 3.67. The van der Waals surface area contributed by atoms with E-state index < -0.39 is 0 Å². The molecule has 1 aromatic carbocycles. The third-order valence-electron chi connectivity index (χ3n) is 2.24. The predicted octanol–water partition coefficient (Wildman–Crippen LogP) is 0.571. The van der Waals surface area contributed by atoms with Gasteiger partial charge in [-0.15, -0.1) is 6.58 Å². The fourth-order valence-electron chi connectivity index (χ4n) is 1.39. The zero-order valence-electron chi connectivity index (χ0n) is 9.78. The molecule has 0 aromatic heterocycles. The molecule has 0 fully saturated rings. The lowest BCUT2D eigenvalue weighted by molar-refractivity contribution is -0.120. The van der Waals surface area contributed by atoms with Crippen LogP contribution in [0.15, 0.2) is 36.9 Å². The van der Waals surface area contributed by atoms with Crippen molar-refractivity contribution >= 4 is 5.91 Å². The molecule has 4 heteroatoms. The van der Waals surface area contributed by atoms with Crippen molar-refractivity contribution in [1.29, 1.82) is 0 Å². The molecule has 0 aliphatic rings. The maximum atomic E-state index is 11.4. The highest BCUT2D eigenvalue weighted by atomic mass is 16.3. The summed E-state index contributed by atoms with van der Waals surface area (Å²) >= 11 is 0. The summed E-state index contributed by atoms with van der Waals surface area (Å²) in [6.07, 6.45) is 1.71. The summed E-state index contributed by atoms with van der Waals surface area (Å²) in [7, 11) is 0. The van der Waals surface area contributed by atoms with E-state index in [0.717, 1.165) is 11.1 Å². The first kappa shape index (κ1) is 13.4. The lowest BCUT2D eigenvalue weighted by Gasteiger charge is -2.06. The molecule has 0 aliphatic heterocycles. The summed E-state index contributed by atoms with van der Waals surface area (Å²) < 4.78 is 0. The highest BCUT2D eigenvalue weighted by Gasteiger charge is 2.00. The van der Waals surface area contributed by atoms with Crippen LogP contribution in [0.2, 0.25) is 0 Å². The number of rotatable bonds is 7. The summed E-state index contributed by atoms with van der Waals surface area (Å²) in [6, 6.07) is 7.49. The van der Waals surface area contributed by atoms with Crippen molar-refractivity contribution < 1.29 is 9.90 Å². The Morgan fingerprint density at radius 2 is 2.18 bits per heavy atom. The first-order valence-electron chi connectivity index (χ1n) is 5.53. The molecule has 3 N–H and O–H groups in total. The van der Waals surface area contributed by atoms with Crippen LogP contribution >= 0.6 is 0 Å². The van der Waals surface area contributed by atoms with Gasteiger partial charge in [-0.05, 0) is 11.1 Å². The van der Waals surface area contributed by atoms with Gasteiger partial charge in [0.15, 0.2) is 0 Å². The van der Waals surface area contributed by atoms with Crippen LogP contribution in [-0.2, 0) is 17.9 Å². The Morgan fingerprint density at radius 1 is 1.41 bits per heavy atom. The standard InChI is InChI=1S/C13H18N2O2/c1-2-6-14-9-13(17)15-8-11-4-3-5-12(7-11)10-16/h2-5,7,14,16H,1,6,8-10H2,(H,15,17). The van der Waals surface area contributed by atoms with Gasteiger partial charge in [-0.3, -0.25) is 4.79 Å². The highest BCUT2D eigenvalue weighted by Crippen LogP contribution is 2.04. The van der Waals surface area contributed by atoms with Crippen molar-refractivity contribution in [3.63, 3.8) is 0 Å². The summed E-state index contributed by atoms with van der Waals surface area (Å²) in [5.41, 5.74) is 1.83. The monoisotopic (exact) mass is 234 g/mol. The minimum Gasteiger partial charge on any atom is -0.392 e. The molecule has 0 spiro atoms. The number of benzene rings is 1. The van der Waals surface area contributed by atoms with Gasteiger partial charge in [0, 0.05) is 13.1 Å². The lowest BCUT2D eigenvalue weighted by atomic mass is 10.1. The van der Waals surface area contributed by atoms with E-state index in [1.54, 1.807) is 6.08 Å². The van der Waals surface area contributed by atoms with Gasteiger partial charge >= 0.3 is 0 Å². The summed E-state index contributed by atoms with van der Waals surface area (Å²) in [6.45, 7) is 4.95. The summed E-state index contributed by atoms with van der Waals surface area (Å²) in [5.74, 6) is -0.0544. The van der Waals surface area contributed by atoms with Crippen molar-refractivity contribution in [2.24, 2.45) is 0 Å². The number of carbonyl (C=O) groups excluding carboxylic acids is 1. The third-order valence-corrected chi connectivity index (χ3v) is 2.24. The Hall–Kier alpha value is -1.65. The molecule has 0 radical (unpaired) electrons. The van der Waals surface area contributed by atoms with Crippen LogP contribution in [0.3, 0.4) is 0 Å². The Bertz CT molecular complexity index is 377. The van der Waals surface area contributed by atoms with Crippen LogP contribution in [0.1, 0.15) is 11.1 Å². The van der Waals surface area contributed by atoms with Gasteiger partial charge in [0.05, 0.1) is 13.2 Å². The maximum Gasteiger partial charge on any atom is 0.234 e. The second-order valence-corrected chi connectivity index (χ2v) is 3.67. The smallest absolute Gasteiger partial charge is 0.234 e. The van der Waals surface area contributed by atoms with Crippen LogP contribution in [0.25, 0.3) is 0 Å².